The number of para-hydroxylation sites is 1. The van der Waals surface area contributed by atoms with Gasteiger partial charge in [-0.25, -0.2) is 9.18 Å². The quantitative estimate of drug-likeness (QED) is 0.591. The first-order chi connectivity index (χ1) is 16.1. The molecule has 2 aliphatic heterocycles. The van der Waals surface area contributed by atoms with Gasteiger partial charge in [0.2, 0.25) is 0 Å². The van der Waals surface area contributed by atoms with Crippen molar-refractivity contribution in [3.8, 4) is 0 Å². The second-order valence-electron chi connectivity index (χ2n) is 9.22. The Bertz CT molecular complexity index is 1080. The number of urea groups is 1. The maximum Gasteiger partial charge on any atom is 0.317 e. The molecule has 3 aromatic rings. The number of nitrogens with one attached hydrogen (secondary N) is 1. The van der Waals surface area contributed by atoms with Crippen molar-refractivity contribution in [2.75, 3.05) is 24.5 Å². The van der Waals surface area contributed by atoms with E-state index in [9.17, 15) is 9.18 Å². The van der Waals surface area contributed by atoms with Crippen LogP contribution in [0, 0.1) is 11.2 Å². The first-order valence-electron chi connectivity index (χ1n) is 11.6. The van der Waals surface area contributed by atoms with Crippen molar-refractivity contribution in [2.45, 2.75) is 31.8 Å². The van der Waals surface area contributed by atoms with Gasteiger partial charge in [0, 0.05) is 43.1 Å². The van der Waals surface area contributed by atoms with E-state index in [1.165, 1.54) is 23.4 Å². The minimum Gasteiger partial charge on any atom is -0.363 e. The molecule has 2 aromatic carbocycles. The van der Waals surface area contributed by atoms with Crippen molar-refractivity contribution in [3.05, 3.63) is 96.1 Å². The van der Waals surface area contributed by atoms with Crippen LogP contribution in [0.4, 0.5) is 14.9 Å². The van der Waals surface area contributed by atoms with Gasteiger partial charge < -0.3 is 15.1 Å². The first-order valence-corrected chi connectivity index (χ1v) is 11.6. The van der Waals surface area contributed by atoms with Crippen LogP contribution >= 0.6 is 0 Å². The summed E-state index contributed by atoms with van der Waals surface area (Å²) in [5, 5.41) is 3.07. The van der Waals surface area contributed by atoms with E-state index in [4.69, 9.17) is 0 Å². The molecule has 5 rings (SSSR count). The lowest BCUT2D eigenvalue weighted by molar-refractivity contribution is 0.0431. The molecular weight excluding hydrogens is 415 g/mol. The lowest BCUT2D eigenvalue weighted by atomic mass is 9.63. The molecule has 2 saturated heterocycles. The zero-order chi connectivity index (χ0) is 22.8. The summed E-state index contributed by atoms with van der Waals surface area (Å²) < 4.78 is 13.2. The summed E-state index contributed by atoms with van der Waals surface area (Å²) >= 11 is 0. The van der Waals surface area contributed by atoms with Crippen LogP contribution < -0.4 is 10.2 Å². The Kier molecular flexibility index (Phi) is 5.75. The van der Waals surface area contributed by atoms with Crippen LogP contribution in [0.3, 0.4) is 0 Å². The summed E-state index contributed by atoms with van der Waals surface area (Å²) in [6, 6.07) is 21.0. The Morgan fingerprint density at radius 3 is 2.45 bits per heavy atom. The van der Waals surface area contributed by atoms with Gasteiger partial charge in [-0.3, -0.25) is 4.98 Å². The van der Waals surface area contributed by atoms with Crippen LogP contribution in [0.15, 0.2) is 79.1 Å². The molecule has 6 heteroatoms. The van der Waals surface area contributed by atoms with Crippen molar-refractivity contribution in [1.29, 1.82) is 0 Å². The van der Waals surface area contributed by atoms with E-state index in [2.05, 4.69) is 45.5 Å². The van der Waals surface area contributed by atoms with E-state index >= 15 is 0 Å². The average molecular weight is 445 g/mol. The molecule has 2 fully saturated rings. The molecule has 3 heterocycles. The molecule has 33 heavy (non-hydrogen) atoms. The molecule has 0 radical (unpaired) electrons. The summed E-state index contributed by atoms with van der Waals surface area (Å²) in [4.78, 5) is 21.7. The standard InChI is InChI=1S/C27H29FN4O/c1-20(21-9-11-23(28)12-10-21)30-26(33)31-16-13-27(14-17-31)19-32(24-7-3-2-4-8-24)25(27)22-6-5-15-29-18-22/h2-12,15,18,20,25H,13-14,16-17,19H2,1H3,(H,30,33)/t20-,25?/m0/s1. The molecule has 2 atom stereocenters. The summed E-state index contributed by atoms with van der Waals surface area (Å²) in [5.74, 6) is -0.271. The molecular formula is C27H29FN4O. The Balaban J connectivity index is 1.27. The van der Waals surface area contributed by atoms with Crippen LogP contribution in [0.2, 0.25) is 0 Å². The zero-order valence-corrected chi connectivity index (χ0v) is 18.8. The number of benzene rings is 2. The highest BCUT2D eigenvalue weighted by Gasteiger charge is 2.54. The molecule has 2 aliphatic rings. The van der Waals surface area contributed by atoms with Crippen molar-refractivity contribution in [3.63, 3.8) is 0 Å². The van der Waals surface area contributed by atoms with Crippen molar-refractivity contribution >= 4 is 11.7 Å². The number of rotatable bonds is 4. The van der Waals surface area contributed by atoms with Crippen molar-refractivity contribution < 1.29 is 9.18 Å². The minimum atomic E-state index is -0.271. The van der Waals surface area contributed by atoms with E-state index in [0.29, 0.717) is 0 Å². The molecule has 0 saturated carbocycles. The van der Waals surface area contributed by atoms with Gasteiger partial charge in [0.1, 0.15) is 5.82 Å². The van der Waals surface area contributed by atoms with Gasteiger partial charge in [0.05, 0.1) is 12.1 Å². The predicted octanol–water partition coefficient (Wildman–Crippen LogP) is 5.34. The summed E-state index contributed by atoms with van der Waals surface area (Å²) in [7, 11) is 0. The maximum absolute atomic E-state index is 13.2. The first kappa shape index (κ1) is 21.4. The van der Waals surface area contributed by atoms with Gasteiger partial charge in [-0.1, -0.05) is 36.4 Å². The molecule has 2 amide bonds. The number of aromatic nitrogens is 1. The molecule has 5 nitrogen and oxygen atoms in total. The highest BCUT2D eigenvalue weighted by molar-refractivity contribution is 5.75. The molecule has 1 spiro atoms. The number of hydrogen-bond acceptors (Lipinski definition) is 3. The van der Waals surface area contributed by atoms with Crippen LogP contribution in [0.1, 0.15) is 43.0 Å². The van der Waals surface area contributed by atoms with E-state index in [1.54, 1.807) is 12.1 Å². The largest absolute Gasteiger partial charge is 0.363 e. The third kappa shape index (κ3) is 4.17. The highest BCUT2D eigenvalue weighted by Crippen LogP contribution is 2.56. The second kappa shape index (κ2) is 8.85. The molecule has 170 valence electrons. The normalized spacial score (nSPS) is 20.2. The van der Waals surface area contributed by atoms with E-state index in [1.807, 2.05) is 36.4 Å². The van der Waals surface area contributed by atoms with Crippen LogP contribution in [0.5, 0.6) is 0 Å². The van der Waals surface area contributed by atoms with Gasteiger partial charge >= 0.3 is 6.03 Å². The third-order valence-electron chi connectivity index (χ3n) is 7.22. The number of pyridine rings is 1. The van der Waals surface area contributed by atoms with Gasteiger partial charge in [-0.2, -0.15) is 0 Å². The predicted molar refractivity (Wildman–Crippen MR) is 127 cm³/mol. The second-order valence-corrected chi connectivity index (χ2v) is 9.22. The van der Waals surface area contributed by atoms with Gasteiger partial charge in [0.25, 0.3) is 0 Å². The summed E-state index contributed by atoms with van der Waals surface area (Å²) in [6.45, 7) is 4.36. The summed E-state index contributed by atoms with van der Waals surface area (Å²) in [6.07, 6.45) is 5.70. The molecule has 0 aliphatic carbocycles. The average Bonchev–Trinajstić information content (AvgIpc) is 2.84. The number of carbonyl (C=O) groups excluding carboxylic acids is 1. The Morgan fingerprint density at radius 1 is 1.06 bits per heavy atom. The number of likely N-dealkylation sites (tertiary alicyclic amines) is 1. The topological polar surface area (TPSA) is 48.5 Å². The molecule has 1 N–H and O–H groups in total. The number of anilines is 1. The number of hydrogen-bond donors (Lipinski definition) is 1. The maximum atomic E-state index is 13.2. The van der Waals surface area contributed by atoms with E-state index in [0.717, 1.165) is 38.0 Å². The fraction of sp³-hybridized carbons (Fsp3) is 0.333. The van der Waals surface area contributed by atoms with Crippen LogP contribution in [-0.4, -0.2) is 35.5 Å². The highest BCUT2D eigenvalue weighted by atomic mass is 19.1. The molecule has 0 bridgehead atoms. The van der Waals surface area contributed by atoms with Crippen molar-refractivity contribution in [1.82, 2.24) is 15.2 Å². The number of amides is 2. The smallest absolute Gasteiger partial charge is 0.317 e. The monoisotopic (exact) mass is 444 g/mol. The van der Waals surface area contributed by atoms with Gasteiger partial charge in [-0.15, -0.1) is 0 Å². The van der Waals surface area contributed by atoms with E-state index < -0.39 is 0 Å². The number of halogens is 1. The van der Waals surface area contributed by atoms with Gasteiger partial charge in [0.15, 0.2) is 0 Å². The number of carbonyl (C=O) groups is 1. The Morgan fingerprint density at radius 2 is 1.79 bits per heavy atom. The lowest BCUT2D eigenvalue weighted by Crippen LogP contribution is -2.63. The van der Waals surface area contributed by atoms with Crippen LogP contribution in [0.25, 0.3) is 0 Å². The lowest BCUT2D eigenvalue weighted by Gasteiger charge is -2.61. The van der Waals surface area contributed by atoms with Gasteiger partial charge in [-0.05, 0) is 61.2 Å². The summed E-state index contributed by atoms with van der Waals surface area (Å²) in [5.41, 5.74) is 3.49. The third-order valence-corrected chi connectivity index (χ3v) is 7.22. The molecule has 1 unspecified atom stereocenters. The van der Waals surface area contributed by atoms with Crippen LogP contribution in [-0.2, 0) is 0 Å². The Labute approximate surface area is 194 Å². The Hall–Kier alpha value is -3.41. The van der Waals surface area contributed by atoms with Crippen molar-refractivity contribution in [2.24, 2.45) is 5.41 Å². The zero-order valence-electron chi connectivity index (χ0n) is 18.8. The minimum absolute atomic E-state index is 0.0566. The molecule has 1 aromatic heterocycles. The number of nitrogens with zero attached hydrogens (tertiary/aromatic N) is 3. The fourth-order valence-corrected chi connectivity index (χ4v) is 5.36. The SMILES string of the molecule is C[C@H](NC(=O)N1CCC2(CC1)CN(c1ccccc1)C2c1cccnc1)c1ccc(F)cc1. The number of piperidine rings is 1. The van der Waals surface area contributed by atoms with E-state index in [-0.39, 0.29) is 29.3 Å². The fourth-order valence-electron chi connectivity index (χ4n) is 5.36.